The van der Waals surface area contributed by atoms with Crippen LogP contribution < -0.4 is 5.32 Å². The molecule has 0 unspecified atom stereocenters. The first kappa shape index (κ1) is 25.2. The van der Waals surface area contributed by atoms with E-state index in [9.17, 15) is 23.1 Å². The second-order valence-electron chi connectivity index (χ2n) is 10.2. The maximum Gasteiger partial charge on any atom is 0.256 e. The molecule has 0 bridgehead atoms. The van der Waals surface area contributed by atoms with Crippen molar-refractivity contribution in [2.75, 3.05) is 25.0 Å². The van der Waals surface area contributed by atoms with Crippen molar-refractivity contribution in [3.8, 4) is 0 Å². The highest BCUT2D eigenvalue weighted by molar-refractivity contribution is 14.1. The molecule has 2 aliphatic rings. The van der Waals surface area contributed by atoms with Crippen LogP contribution in [0.1, 0.15) is 50.4 Å². The molecule has 0 aliphatic carbocycles. The Morgan fingerprint density at radius 2 is 1.82 bits per heavy atom. The number of β-amino-alcohol motifs (C(OH)–C–C–N with tert-alkyl or cyclic N) is 1. The van der Waals surface area contributed by atoms with Gasteiger partial charge in [-0.2, -0.15) is 0 Å². The highest BCUT2D eigenvalue weighted by Gasteiger charge is 2.53. The van der Waals surface area contributed by atoms with Gasteiger partial charge in [-0.05, 0) is 93.1 Å². The van der Waals surface area contributed by atoms with Crippen molar-refractivity contribution >= 4 is 39.9 Å². The lowest BCUT2D eigenvalue weighted by atomic mass is 9.78. The fraction of sp³-hybridized carbons (Fsp3) is 0.480. The number of carbonyl (C=O) groups is 1. The Balaban J connectivity index is 1.57. The summed E-state index contributed by atoms with van der Waals surface area (Å²) in [5.74, 6) is -3.60. The number of amides is 1. The molecule has 2 saturated heterocycles. The summed E-state index contributed by atoms with van der Waals surface area (Å²) in [4.78, 5) is 17.0. The minimum Gasteiger partial charge on any atom is -0.385 e. The Morgan fingerprint density at radius 3 is 2.47 bits per heavy atom. The van der Waals surface area contributed by atoms with E-state index in [-0.39, 0.29) is 35.9 Å². The molecule has 2 aromatic carbocycles. The van der Waals surface area contributed by atoms with Gasteiger partial charge in [-0.3, -0.25) is 9.69 Å². The van der Waals surface area contributed by atoms with Crippen LogP contribution in [0.4, 0.5) is 24.5 Å². The largest absolute Gasteiger partial charge is 0.385 e. The lowest BCUT2D eigenvalue weighted by Crippen LogP contribution is -2.74. The third-order valence-electron chi connectivity index (χ3n) is 6.72. The van der Waals surface area contributed by atoms with Crippen molar-refractivity contribution < 1.29 is 23.1 Å². The Morgan fingerprint density at radius 1 is 1.12 bits per heavy atom. The zero-order valence-corrected chi connectivity index (χ0v) is 21.6. The van der Waals surface area contributed by atoms with Crippen LogP contribution >= 0.6 is 22.6 Å². The van der Waals surface area contributed by atoms with Crippen LogP contribution in [0.2, 0.25) is 0 Å². The van der Waals surface area contributed by atoms with E-state index >= 15 is 0 Å². The summed E-state index contributed by atoms with van der Waals surface area (Å²) in [5.41, 5.74) is -1.80. The Labute approximate surface area is 211 Å². The van der Waals surface area contributed by atoms with Crippen LogP contribution in [-0.2, 0) is 0 Å². The minimum atomic E-state index is -1.26. The van der Waals surface area contributed by atoms with Gasteiger partial charge >= 0.3 is 0 Å². The molecule has 0 saturated carbocycles. The van der Waals surface area contributed by atoms with Crippen molar-refractivity contribution in [3.05, 3.63) is 56.9 Å². The number of aliphatic hydroxyl groups is 1. The monoisotopic (exact) mass is 587 g/mol. The average molecular weight is 587 g/mol. The molecule has 0 radical (unpaired) electrons. The van der Waals surface area contributed by atoms with E-state index in [1.807, 2.05) is 22.6 Å². The number of piperidine rings is 1. The Bertz CT molecular complexity index is 1100. The molecule has 9 heteroatoms. The highest BCUT2D eigenvalue weighted by Crippen LogP contribution is 2.38. The zero-order valence-electron chi connectivity index (χ0n) is 19.5. The molecule has 2 N–H and O–H groups in total. The van der Waals surface area contributed by atoms with Gasteiger partial charge in [-0.1, -0.05) is 6.42 Å². The first-order valence-corrected chi connectivity index (χ1v) is 12.5. The van der Waals surface area contributed by atoms with Gasteiger partial charge in [0, 0.05) is 15.2 Å². The first-order chi connectivity index (χ1) is 15.9. The maximum absolute atomic E-state index is 14.7. The Hall–Kier alpha value is -1.85. The lowest BCUT2D eigenvalue weighted by Gasteiger charge is -2.57. The van der Waals surface area contributed by atoms with E-state index in [2.05, 4.69) is 31.0 Å². The smallest absolute Gasteiger partial charge is 0.256 e. The molecule has 5 nitrogen and oxygen atoms in total. The number of anilines is 2. The van der Waals surface area contributed by atoms with Gasteiger partial charge in [-0.15, -0.1) is 0 Å². The van der Waals surface area contributed by atoms with Crippen LogP contribution in [-0.4, -0.2) is 57.6 Å². The summed E-state index contributed by atoms with van der Waals surface area (Å²) in [6.07, 6.45) is 2.90. The number of hydrogen-bond acceptors (Lipinski definition) is 4. The van der Waals surface area contributed by atoms with Crippen LogP contribution in [0.3, 0.4) is 0 Å². The highest BCUT2D eigenvalue weighted by atomic mass is 127. The minimum absolute atomic E-state index is 0.0675. The molecule has 0 aromatic heterocycles. The number of halogens is 4. The normalized spacial score (nSPS) is 20.7. The number of likely N-dealkylation sites (tertiary alicyclic amines) is 2. The van der Waals surface area contributed by atoms with Crippen LogP contribution in [0.15, 0.2) is 30.3 Å². The van der Waals surface area contributed by atoms with Gasteiger partial charge in [0.1, 0.15) is 11.4 Å². The Kier molecular flexibility index (Phi) is 6.91. The molecule has 0 spiro atoms. The number of rotatable bonds is 4. The fourth-order valence-corrected chi connectivity index (χ4v) is 5.46. The summed E-state index contributed by atoms with van der Waals surface area (Å²) in [7, 11) is 0. The average Bonchev–Trinajstić information content (AvgIpc) is 2.75. The van der Waals surface area contributed by atoms with Crippen LogP contribution in [0.5, 0.6) is 0 Å². The quantitative estimate of drug-likeness (QED) is 0.478. The first-order valence-electron chi connectivity index (χ1n) is 11.4. The van der Waals surface area contributed by atoms with Gasteiger partial charge < -0.3 is 15.3 Å². The summed E-state index contributed by atoms with van der Waals surface area (Å²) < 4.78 is 43.8. The summed E-state index contributed by atoms with van der Waals surface area (Å²) >= 11 is 1.94. The second kappa shape index (κ2) is 9.31. The van der Waals surface area contributed by atoms with Crippen molar-refractivity contribution in [1.82, 2.24) is 9.80 Å². The number of nitrogens with zero attached hydrogens (tertiary/aromatic N) is 2. The molecule has 4 rings (SSSR count). The summed E-state index contributed by atoms with van der Waals surface area (Å²) in [5, 5.41) is 13.9. The number of nitrogens with one attached hydrogen (secondary N) is 1. The summed E-state index contributed by atoms with van der Waals surface area (Å²) in [6, 6.07) is 6.25. The van der Waals surface area contributed by atoms with E-state index in [0.717, 1.165) is 31.9 Å². The van der Waals surface area contributed by atoms with Crippen molar-refractivity contribution in [2.45, 2.75) is 57.2 Å². The van der Waals surface area contributed by atoms with E-state index in [0.29, 0.717) is 3.57 Å². The van der Waals surface area contributed by atoms with Gasteiger partial charge in [0.05, 0.1) is 30.0 Å². The molecular weight excluding hydrogens is 558 g/mol. The van der Waals surface area contributed by atoms with Crippen molar-refractivity contribution in [1.29, 1.82) is 0 Å². The summed E-state index contributed by atoms with van der Waals surface area (Å²) in [6.45, 7) is 7.40. The predicted octanol–water partition coefficient (Wildman–Crippen LogP) is 5.29. The van der Waals surface area contributed by atoms with Gasteiger partial charge in [-0.25, -0.2) is 13.2 Å². The molecule has 2 fully saturated rings. The van der Waals surface area contributed by atoms with Crippen LogP contribution in [0.25, 0.3) is 0 Å². The van der Waals surface area contributed by atoms with E-state index in [4.69, 9.17) is 0 Å². The molecule has 1 atom stereocenters. The zero-order chi connectivity index (χ0) is 24.8. The standard InChI is InChI=1S/C25H29F3IN3O2/c1-24(2,3)32-11-5-4-6-20(32)25(34)13-31(14-25)23(33)16-8-9-17(26)21(28)22(16)30-19-10-7-15(29)12-18(19)27/h7-10,12,20,30,34H,4-6,11,13-14H2,1-3H3/t20-/m0/s1. The fourth-order valence-electron chi connectivity index (χ4n) is 5.01. The molecule has 2 aliphatic heterocycles. The second-order valence-corrected chi connectivity index (χ2v) is 11.4. The van der Waals surface area contributed by atoms with E-state index < -0.39 is 34.6 Å². The molecule has 1 amide bonds. The van der Waals surface area contributed by atoms with Crippen molar-refractivity contribution in [2.24, 2.45) is 0 Å². The topological polar surface area (TPSA) is 55.8 Å². The third kappa shape index (κ3) is 4.79. The maximum atomic E-state index is 14.7. The number of benzene rings is 2. The van der Waals surface area contributed by atoms with E-state index in [1.54, 1.807) is 6.07 Å². The predicted molar refractivity (Wildman–Crippen MR) is 134 cm³/mol. The van der Waals surface area contributed by atoms with Gasteiger partial charge in [0.15, 0.2) is 11.6 Å². The van der Waals surface area contributed by atoms with E-state index in [1.165, 1.54) is 23.1 Å². The number of hydrogen-bond donors (Lipinski definition) is 2. The molecular formula is C25H29F3IN3O2. The third-order valence-corrected chi connectivity index (χ3v) is 7.39. The molecule has 2 aromatic rings. The molecule has 184 valence electrons. The SMILES string of the molecule is CC(C)(C)N1CCCC[C@H]1C1(O)CN(C(=O)c2ccc(F)c(F)c2Nc2ccc(I)cc2F)C1. The van der Waals surface area contributed by atoms with Crippen molar-refractivity contribution in [3.63, 3.8) is 0 Å². The number of carbonyl (C=O) groups excluding carboxylic acids is 1. The molecule has 34 heavy (non-hydrogen) atoms. The van der Waals surface area contributed by atoms with Gasteiger partial charge in [0.2, 0.25) is 0 Å². The lowest BCUT2D eigenvalue weighted by molar-refractivity contribution is -0.155. The molecule has 2 heterocycles. The van der Waals surface area contributed by atoms with Gasteiger partial charge in [0.25, 0.3) is 5.91 Å². The van der Waals surface area contributed by atoms with Crippen LogP contribution in [0, 0.1) is 21.0 Å².